The predicted octanol–water partition coefficient (Wildman–Crippen LogP) is 4.25. The van der Waals surface area contributed by atoms with Crippen molar-refractivity contribution < 1.29 is 13.9 Å². The first-order chi connectivity index (χ1) is 15.5. The van der Waals surface area contributed by atoms with Gasteiger partial charge in [0.1, 0.15) is 24.0 Å². The quantitative estimate of drug-likeness (QED) is 0.330. The summed E-state index contributed by atoms with van der Waals surface area (Å²) in [6, 6.07) is 13.4. The van der Waals surface area contributed by atoms with Gasteiger partial charge in [0.15, 0.2) is 5.16 Å². The number of nitrogens with zero attached hydrogens (tertiary/aromatic N) is 2. The lowest BCUT2D eigenvalue weighted by molar-refractivity contribution is -0.116. The van der Waals surface area contributed by atoms with Gasteiger partial charge in [-0.3, -0.25) is 9.59 Å². The zero-order chi connectivity index (χ0) is 22.7. The van der Waals surface area contributed by atoms with E-state index in [1.807, 2.05) is 18.2 Å². The van der Waals surface area contributed by atoms with Crippen molar-refractivity contribution in [3.63, 3.8) is 0 Å². The van der Waals surface area contributed by atoms with Crippen molar-refractivity contribution in [2.75, 3.05) is 11.1 Å². The molecular weight excluding hydrogens is 429 g/mol. The van der Waals surface area contributed by atoms with Crippen molar-refractivity contribution in [3.8, 4) is 5.75 Å². The summed E-state index contributed by atoms with van der Waals surface area (Å²) in [5.41, 5.74) is 1.61. The number of hydrogen-bond donors (Lipinski definition) is 1. The Labute approximate surface area is 189 Å². The van der Waals surface area contributed by atoms with Gasteiger partial charge >= 0.3 is 0 Å². The molecule has 1 atom stereocenters. The molecule has 0 saturated carbocycles. The molecule has 0 unspecified atom stereocenters. The van der Waals surface area contributed by atoms with Crippen molar-refractivity contribution in [1.29, 1.82) is 0 Å². The maximum Gasteiger partial charge on any atom is 0.279 e. The van der Waals surface area contributed by atoms with Gasteiger partial charge in [0.2, 0.25) is 5.91 Å². The molecule has 0 bridgehead atoms. The molecule has 0 radical (unpaired) electrons. The second-order valence-corrected chi connectivity index (χ2v) is 8.37. The van der Waals surface area contributed by atoms with Crippen LogP contribution in [0.15, 0.2) is 71.1 Å². The molecule has 1 amide bonds. The van der Waals surface area contributed by atoms with Gasteiger partial charge in [-0.15, -0.1) is 6.58 Å². The van der Waals surface area contributed by atoms with Crippen LogP contribution in [0.2, 0.25) is 0 Å². The molecule has 4 rings (SSSR count). The van der Waals surface area contributed by atoms with Gasteiger partial charge in [0.05, 0.1) is 5.56 Å². The first-order valence-corrected chi connectivity index (χ1v) is 11.1. The van der Waals surface area contributed by atoms with Crippen LogP contribution in [0.5, 0.6) is 5.75 Å². The highest BCUT2D eigenvalue weighted by Gasteiger charge is 2.33. The number of para-hydroxylation sites is 1. The molecule has 1 aromatic heterocycles. The number of amides is 1. The van der Waals surface area contributed by atoms with Crippen molar-refractivity contribution >= 4 is 23.5 Å². The number of hydrogen-bond acceptors (Lipinski definition) is 5. The second kappa shape index (κ2) is 9.40. The third-order valence-corrected chi connectivity index (χ3v) is 6.26. The van der Waals surface area contributed by atoms with E-state index in [1.165, 1.54) is 23.9 Å². The predicted molar refractivity (Wildman–Crippen MR) is 123 cm³/mol. The van der Waals surface area contributed by atoms with E-state index in [9.17, 15) is 14.0 Å². The standard InChI is InChI=1S/C24H22FN3O3S/c1-3-12-32-24-27-23(30)21-18(13-20(29)26-22(21)28(24)2)17-6-4-5-7-19(17)31-14-15-8-10-16(25)11-9-15/h3-11,18H,1,12-14H2,2H3,(H,26,29)/t18-/m0/s1. The lowest BCUT2D eigenvalue weighted by atomic mass is 9.86. The summed E-state index contributed by atoms with van der Waals surface area (Å²) in [7, 11) is 1.77. The largest absolute Gasteiger partial charge is 0.489 e. The Morgan fingerprint density at radius 2 is 2.00 bits per heavy atom. The van der Waals surface area contributed by atoms with Crippen LogP contribution < -0.4 is 15.6 Å². The third-order valence-electron chi connectivity index (χ3n) is 5.23. The lowest BCUT2D eigenvalue weighted by Crippen LogP contribution is -2.33. The van der Waals surface area contributed by atoms with Gasteiger partial charge < -0.3 is 14.6 Å². The molecule has 2 aromatic carbocycles. The molecule has 1 aliphatic heterocycles. The summed E-state index contributed by atoms with van der Waals surface area (Å²) in [6.45, 7) is 3.93. The van der Waals surface area contributed by atoms with Gasteiger partial charge in [-0.05, 0) is 23.8 Å². The second-order valence-electron chi connectivity index (χ2n) is 7.38. The van der Waals surface area contributed by atoms with Crippen LogP contribution in [0.3, 0.4) is 0 Å². The first-order valence-electron chi connectivity index (χ1n) is 10.1. The van der Waals surface area contributed by atoms with Crippen LogP contribution in [0.25, 0.3) is 0 Å². The normalized spacial score (nSPS) is 15.1. The SMILES string of the molecule is C=CCSc1nc(=O)c2c(n1C)NC(=O)C[C@H]2c1ccccc1OCc1ccc(F)cc1. The van der Waals surface area contributed by atoms with Gasteiger partial charge in [-0.2, -0.15) is 4.98 Å². The summed E-state index contributed by atoms with van der Waals surface area (Å²) in [4.78, 5) is 29.8. The van der Waals surface area contributed by atoms with Crippen LogP contribution in [-0.2, 0) is 18.4 Å². The van der Waals surface area contributed by atoms with Crippen LogP contribution in [0.1, 0.15) is 29.0 Å². The summed E-state index contributed by atoms with van der Waals surface area (Å²) >= 11 is 1.37. The van der Waals surface area contributed by atoms with E-state index in [-0.39, 0.29) is 30.3 Å². The molecular formula is C24H22FN3O3S. The Bertz CT molecular complexity index is 1220. The number of thioether (sulfide) groups is 1. The molecule has 0 fully saturated rings. The molecule has 0 saturated heterocycles. The Balaban J connectivity index is 1.72. The molecule has 3 aromatic rings. The fourth-order valence-electron chi connectivity index (χ4n) is 3.71. The highest BCUT2D eigenvalue weighted by atomic mass is 32.2. The van der Waals surface area contributed by atoms with Crippen LogP contribution in [0.4, 0.5) is 10.2 Å². The Kier molecular flexibility index (Phi) is 6.41. The summed E-state index contributed by atoms with van der Waals surface area (Å²) in [6.07, 6.45) is 1.84. The Morgan fingerprint density at radius 1 is 1.25 bits per heavy atom. The molecule has 32 heavy (non-hydrogen) atoms. The molecule has 1 aliphatic rings. The van der Waals surface area contributed by atoms with E-state index in [1.54, 1.807) is 35.9 Å². The molecule has 8 heteroatoms. The number of aromatic nitrogens is 2. The summed E-state index contributed by atoms with van der Waals surface area (Å²) in [5.74, 6) is 0.620. The van der Waals surface area contributed by atoms with Crippen molar-refractivity contribution in [1.82, 2.24) is 9.55 Å². The number of benzene rings is 2. The smallest absolute Gasteiger partial charge is 0.279 e. The average molecular weight is 452 g/mol. The van der Waals surface area contributed by atoms with Crippen molar-refractivity contribution in [2.24, 2.45) is 7.05 Å². The van der Waals surface area contributed by atoms with Crippen molar-refractivity contribution in [2.45, 2.75) is 24.1 Å². The molecule has 0 aliphatic carbocycles. The zero-order valence-electron chi connectivity index (χ0n) is 17.5. The topological polar surface area (TPSA) is 73.2 Å². The van der Waals surface area contributed by atoms with E-state index < -0.39 is 5.92 Å². The highest BCUT2D eigenvalue weighted by Crippen LogP contribution is 2.39. The van der Waals surface area contributed by atoms with E-state index in [2.05, 4.69) is 16.9 Å². The molecule has 0 spiro atoms. The van der Waals surface area contributed by atoms with E-state index in [4.69, 9.17) is 4.74 Å². The minimum Gasteiger partial charge on any atom is -0.489 e. The van der Waals surface area contributed by atoms with Gasteiger partial charge in [0, 0.05) is 30.7 Å². The number of carbonyl (C=O) groups is 1. The zero-order valence-corrected chi connectivity index (χ0v) is 18.3. The van der Waals surface area contributed by atoms with Gasteiger partial charge in [-0.25, -0.2) is 4.39 Å². The third kappa shape index (κ3) is 4.45. The van der Waals surface area contributed by atoms with Crippen molar-refractivity contribution in [3.05, 3.63) is 94.0 Å². The van der Waals surface area contributed by atoms with Gasteiger partial charge in [-0.1, -0.05) is 48.2 Å². The molecule has 2 heterocycles. The Morgan fingerprint density at radius 3 is 2.75 bits per heavy atom. The van der Waals surface area contributed by atoms with E-state index >= 15 is 0 Å². The van der Waals surface area contributed by atoms with Crippen LogP contribution >= 0.6 is 11.8 Å². The molecule has 1 N–H and O–H groups in total. The summed E-state index contributed by atoms with van der Waals surface area (Å²) in [5, 5.41) is 3.35. The number of fused-ring (bicyclic) bond motifs is 1. The monoisotopic (exact) mass is 451 g/mol. The molecule has 164 valence electrons. The minimum absolute atomic E-state index is 0.111. The molecule has 6 nitrogen and oxygen atoms in total. The van der Waals surface area contributed by atoms with Crippen LogP contribution in [0, 0.1) is 5.82 Å². The fraction of sp³-hybridized carbons (Fsp3) is 0.208. The summed E-state index contributed by atoms with van der Waals surface area (Å²) < 4.78 is 20.9. The van der Waals surface area contributed by atoms with Crippen LogP contribution in [-0.4, -0.2) is 21.2 Å². The fourth-order valence-corrected chi connectivity index (χ4v) is 4.40. The maximum absolute atomic E-state index is 13.2. The number of rotatable bonds is 7. The number of nitrogens with one attached hydrogen (secondary N) is 1. The Hall–Kier alpha value is -3.39. The van der Waals surface area contributed by atoms with E-state index in [0.29, 0.717) is 28.0 Å². The lowest BCUT2D eigenvalue weighted by Gasteiger charge is -2.28. The number of ether oxygens (including phenoxy) is 1. The van der Waals surface area contributed by atoms with Gasteiger partial charge in [0.25, 0.3) is 5.56 Å². The highest BCUT2D eigenvalue weighted by molar-refractivity contribution is 7.99. The maximum atomic E-state index is 13.2. The number of carbonyl (C=O) groups excluding carboxylic acids is 1. The first kappa shape index (κ1) is 21.8. The minimum atomic E-state index is -0.493. The number of halogens is 1. The number of anilines is 1. The average Bonchev–Trinajstić information content (AvgIpc) is 2.79. The van der Waals surface area contributed by atoms with E-state index in [0.717, 1.165) is 11.1 Å².